The molecule has 2 rings (SSSR count). The quantitative estimate of drug-likeness (QED) is 0.603. The van der Waals surface area contributed by atoms with Gasteiger partial charge in [-0.05, 0) is 19.4 Å². The van der Waals surface area contributed by atoms with Gasteiger partial charge in [0.15, 0.2) is 5.16 Å². The van der Waals surface area contributed by atoms with E-state index in [-0.39, 0.29) is 17.7 Å². The molecule has 0 saturated heterocycles. The Morgan fingerprint density at radius 2 is 2.13 bits per heavy atom. The summed E-state index contributed by atoms with van der Waals surface area (Å²) in [5, 5.41) is 8.26. The van der Waals surface area contributed by atoms with Gasteiger partial charge < -0.3 is 9.47 Å². The zero-order valence-electron chi connectivity index (χ0n) is 13.6. The van der Waals surface area contributed by atoms with E-state index in [1.165, 1.54) is 17.3 Å². The first-order valence-corrected chi connectivity index (χ1v) is 8.17. The second-order valence-electron chi connectivity index (χ2n) is 5.37. The summed E-state index contributed by atoms with van der Waals surface area (Å²) in [6, 6.07) is 8.11. The number of aromatic nitrogens is 3. The van der Waals surface area contributed by atoms with Crippen LogP contribution in [0.2, 0.25) is 0 Å². The summed E-state index contributed by atoms with van der Waals surface area (Å²) in [5.74, 6) is 2.56. The van der Waals surface area contributed by atoms with Crippen molar-refractivity contribution in [3.63, 3.8) is 0 Å². The summed E-state index contributed by atoms with van der Waals surface area (Å²) in [4.78, 5) is 14.4. The van der Waals surface area contributed by atoms with Crippen molar-refractivity contribution >= 4 is 17.7 Å². The lowest BCUT2D eigenvalue weighted by molar-refractivity contribution is -0.130. The Labute approximate surface area is 141 Å². The van der Waals surface area contributed by atoms with E-state index in [1.54, 1.807) is 15.8 Å². The van der Waals surface area contributed by atoms with E-state index in [9.17, 15) is 4.79 Å². The third-order valence-corrected chi connectivity index (χ3v) is 4.52. The number of aryl methyl sites for hydroxylation is 2. The van der Waals surface area contributed by atoms with Crippen molar-refractivity contribution in [3.8, 4) is 12.3 Å². The van der Waals surface area contributed by atoms with E-state index in [4.69, 9.17) is 6.42 Å². The Hall–Kier alpha value is -2.26. The number of terminal acetylenes is 1. The number of rotatable bonds is 6. The van der Waals surface area contributed by atoms with Crippen molar-refractivity contribution in [1.82, 2.24) is 19.7 Å². The maximum atomic E-state index is 12.7. The number of thioether (sulfide) groups is 1. The van der Waals surface area contributed by atoms with Gasteiger partial charge in [0.05, 0.1) is 11.8 Å². The van der Waals surface area contributed by atoms with Crippen molar-refractivity contribution in [1.29, 1.82) is 0 Å². The van der Waals surface area contributed by atoms with E-state index in [2.05, 4.69) is 16.1 Å². The zero-order valence-corrected chi connectivity index (χ0v) is 14.4. The molecule has 0 N–H and O–H groups in total. The van der Waals surface area contributed by atoms with Crippen LogP contribution in [-0.4, -0.2) is 37.4 Å². The molecular formula is C17H20N4OS. The van der Waals surface area contributed by atoms with Crippen LogP contribution in [0.3, 0.4) is 0 Å². The molecule has 23 heavy (non-hydrogen) atoms. The first-order valence-electron chi connectivity index (χ1n) is 7.29. The van der Waals surface area contributed by atoms with Crippen LogP contribution < -0.4 is 0 Å². The van der Waals surface area contributed by atoms with Crippen LogP contribution in [0, 0.1) is 19.3 Å². The molecule has 0 bridgehead atoms. The van der Waals surface area contributed by atoms with Crippen LogP contribution in [0.25, 0.3) is 0 Å². The number of amides is 1. The minimum absolute atomic E-state index is 0.00322. The van der Waals surface area contributed by atoms with Gasteiger partial charge in [-0.3, -0.25) is 4.79 Å². The van der Waals surface area contributed by atoms with Crippen LogP contribution in [0.5, 0.6) is 0 Å². The average molecular weight is 328 g/mol. The van der Waals surface area contributed by atoms with Gasteiger partial charge in [-0.1, -0.05) is 47.5 Å². The predicted molar refractivity (Wildman–Crippen MR) is 91.8 cm³/mol. The summed E-state index contributed by atoms with van der Waals surface area (Å²) in [6.45, 7) is 4.69. The third-order valence-electron chi connectivity index (χ3n) is 3.39. The Balaban J connectivity index is 2.06. The molecule has 0 spiro atoms. The second-order valence-corrected chi connectivity index (χ2v) is 6.68. The minimum atomic E-state index is -0.281. The zero-order chi connectivity index (χ0) is 16.8. The Kier molecular flexibility index (Phi) is 5.83. The Bertz CT molecular complexity index is 702. The summed E-state index contributed by atoms with van der Waals surface area (Å²) >= 11 is 1.38. The minimum Gasteiger partial charge on any atom is -0.326 e. The molecule has 6 heteroatoms. The van der Waals surface area contributed by atoms with E-state index in [0.29, 0.717) is 11.7 Å². The molecule has 120 valence electrons. The summed E-state index contributed by atoms with van der Waals surface area (Å²) in [5.41, 5.74) is 2.25. The van der Waals surface area contributed by atoms with Gasteiger partial charge in [0.2, 0.25) is 5.91 Å². The molecule has 0 fully saturated rings. The molecule has 1 amide bonds. The fourth-order valence-electron chi connectivity index (χ4n) is 2.08. The summed E-state index contributed by atoms with van der Waals surface area (Å²) in [7, 11) is 1.85. The topological polar surface area (TPSA) is 51.0 Å². The molecular weight excluding hydrogens is 308 g/mol. The van der Waals surface area contributed by atoms with E-state index in [0.717, 1.165) is 5.56 Å². The smallest absolute Gasteiger partial charge is 0.236 e. The maximum Gasteiger partial charge on any atom is 0.236 e. The van der Waals surface area contributed by atoms with Gasteiger partial charge in [-0.2, -0.15) is 0 Å². The number of hydrogen-bond acceptors (Lipinski definition) is 4. The lowest BCUT2D eigenvalue weighted by Crippen LogP contribution is -2.36. The molecule has 5 nitrogen and oxygen atoms in total. The van der Waals surface area contributed by atoms with Gasteiger partial charge in [0, 0.05) is 13.6 Å². The van der Waals surface area contributed by atoms with Crippen molar-refractivity contribution in [3.05, 3.63) is 41.7 Å². The van der Waals surface area contributed by atoms with Gasteiger partial charge in [-0.25, -0.2) is 0 Å². The number of benzene rings is 1. The maximum absolute atomic E-state index is 12.7. The van der Waals surface area contributed by atoms with Gasteiger partial charge in [0.25, 0.3) is 0 Å². The van der Waals surface area contributed by atoms with Crippen molar-refractivity contribution in [2.24, 2.45) is 7.05 Å². The molecule has 0 aliphatic heterocycles. The molecule has 0 aliphatic carbocycles. The number of hydrogen-bond donors (Lipinski definition) is 0. The SMILES string of the molecule is C#CCN(Cc1ccc(C)cc1)C(=O)C(C)Sc1nncn1C. The van der Waals surface area contributed by atoms with Gasteiger partial charge in [0.1, 0.15) is 6.33 Å². The van der Waals surface area contributed by atoms with Crippen LogP contribution in [0.15, 0.2) is 35.7 Å². The second kappa shape index (κ2) is 7.84. The molecule has 1 atom stereocenters. The highest BCUT2D eigenvalue weighted by Crippen LogP contribution is 2.22. The first kappa shape index (κ1) is 17.1. The van der Waals surface area contributed by atoms with Gasteiger partial charge in [-0.15, -0.1) is 16.6 Å². The standard InChI is InChI=1S/C17H20N4OS/c1-5-10-21(11-15-8-6-13(2)7-9-15)16(22)14(3)23-17-19-18-12-20(17)4/h1,6-9,12,14H,10-11H2,2-4H3. The fourth-order valence-corrected chi connectivity index (χ4v) is 2.95. The first-order chi connectivity index (χ1) is 11.0. The van der Waals surface area contributed by atoms with Crippen molar-refractivity contribution in [2.75, 3.05) is 6.54 Å². The van der Waals surface area contributed by atoms with Crippen LogP contribution >= 0.6 is 11.8 Å². The largest absolute Gasteiger partial charge is 0.326 e. The summed E-state index contributed by atoms with van der Waals surface area (Å²) < 4.78 is 1.79. The lowest BCUT2D eigenvalue weighted by Gasteiger charge is -2.23. The van der Waals surface area contributed by atoms with E-state index >= 15 is 0 Å². The molecule has 1 aromatic carbocycles. The monoisotopic (exact) mass is 328 g/mol. The lowest BCUT2D eigenvalue weighted by atomic mass is 10.1. The molecule has 1 unspecified atom stereocenters. The Morgan fingerprint density at radius 3 is 2.70 bits per heavy atom. The fraction of sp³-hybridized carbons (Fsp3) is 0.353. The normalized spacial score (nSPS) is 11.7. The highest BCUT2D eigenvalue weighted by atomic mass is 32.2. The van der Waals surface area contributed by atoms with Crippen LogP contribution in [0.1, 0.15) is 18.1 Å². The predicted octanol–water partition coefficient (Wildman–Crippen LogP) is 2.27. The number of nitrogens with zero attached hydrogens (tertiary/aromatic N) is 4. The molecule has 2 aromatic rings. The number of carbonyl (C=O) groups is 1. The average Bonchev–Trinajstić information content (AvgIpc) is 2.93. The van der Waals surface area contributed by atoms with E-state index in [1.807, 2.05) is 45.2 Å². The Morgan fingerprint density at radius 1 is 1.43 bits per heavy atom. The van der Waals surface area contributed by atoms with Crippen molar-refractivity contribution in [2.45, 2.75) is 30.8 Å². The van der Waals surface area contributed by atoms with Crippen molar-refractivity contribution < 1.29 is 4.79 Å². The van der Waals surface area contributed by atoms with Gasteiger partial charge >= 0.3 is 0 Å². The highest BCUT2D eigenvalue weighted by Gasteiger charge is 2.22. The van der Waals surface area contributed by atoms with Crippen LogP contribution in [0.4, 0.5) is 0 Å². The highest BCUT2D eigenvalue weighted by molar-refractivity contribution is 8.00. The third kappa shape index (κ3) is 4.60. The summed E-state index contributed by atoms with van der Waals surface area (Å²) in [6.07, 6.45) is 7.04. The number of carbonyl (C=O) groups excluding carboxylic acids is 1. The molecule has 1 aromatic heterocycles. The van der Waals surface area contributed by atoms with E-state index < -0.39 is 0 Å². The molecule has 0 radical (unpaired) electrons. The molecule has 1 heterocycles. The molecule has 0 aliphatic rings. The van der Waals surface area contributed by atoms with Crippen LogP contribution in [-0.2, 0) is 18.4 Å². The molecule has 0 saturated carbocycles.